The van der Waals surface area contributed by atoms with Crippen LogP contribution >= 0.6 is 0 Å². The fraction of sp³-hybridized carbons (Fsp3) is 0.769. The van der Waals surface area contributed by atoms with Crippen LogP contribution in [0.2, 0.25) is 0 Å². The second kappa shape index (κ2) is 7.12. The van der Waals surface area contributed by atoms with Gasteiger partial charge in [-0.3, -0.25) is 9.59 Å². The van der Waals surface area contributed by atoms with E-state index in [1.165, 1.54) is 9.80 Å². The number of carbonyl (C=O) groups is 3. The van der Waals surface area contributed by atoms with Crippen molar-refractivity contribution in [1.29, 1.82) is 0 Å². The molecule has 0 bridgehead atoms. The highest BCUT2D eigenvalue weighted by atomic mass is 16.4. The molecule has 1 aliphatic rings. The summed E-state index contributed by atoms with van der Waals surface area (Å²) < 4.78 is 0. The van der Waals surface area contributed by atoms with Crippen LogP contribution in [0.4, 0.5) is 4.79 Å². The summed E-state index contributed by atoms with van der Waals surface area (Å²) in [6.07, 6.45) is 0.514. The molecule has 1 atom stereocenters. The molecular weight excluding hydrogens is 262 g/mol. The fourth-order valence-corrected chi connectivity index (χ4v) is 2.35. The fourth-order valence-electron chi connectivity index (χ4n) is 2.35. The maximum atomic E-state index is 12.5. The second-order valence-corrected chi connectivity index (χ2v) is 5.36. The van der Waals surface area contributed by atoms with Gasteiger partial charge in [0.15, 0.2) is 0 Å². The maximum absolute atomic E-state index is 12.5. The largest absolute Gasteiger partial charge is 0.480 e. The van der Waals surface area contributed by atoms with Crippen LogP contribution in [-0.4, -0.2) is 65.0 Å². The van der Waals surface area contributed by atoms with Crippen molar-refractivity contribution in [3.05, 3.63) is 0 Å². The summed E-state index contributed by atoms with van der Waals surface area (Å²) in [5.74, 6) is -1.06. The quantitative estimate of drug-likeness (QED) is 0.763. The maximum Gasteiger partial charge on any atom is 0.323 e. The summed E-state index contributed by atoms with van der Waals surface area (Å²) in [6, 6.07) is -0.887. The molecule has 1 fully saturated rings. The lowest BCUT2D eigenvalue weighted by molar-refractivity contribution is -0.137. The molecule has 2 N–H and O–H groups in total. The van der Waals surface area contributed by atoms with Gasteiger partial charge in [0.2, 0.25) is 5.91 Å². The van der Waals surface area contributed by atoms with Gasteiger partial charge in [0, 0.05) is 19.6 Å². The van der Waals surface area contributed by atoms with E-state index < -0.39 is 12.0 Å². The van der Waals surface area contributed by atoms with Crippen molar-refractivity contribution < 1.29 is 19.5 Å². The molecule has 0 aromatic heterocycles. The Labute approximate surface area is 118 Å². The normalized spacial score (nSPS) is 18.9. The zero-order chi connectivity index (χ0) is 15.3. The first-order chi connectivity index (χ1) is 9.36. The molecule has 0 aliphatic carbocycles. The van der Waals surface area contributed by atoms with Gasteiger partial charge >= 0.3 is 12.0 Å². The van der Waals surface area contributed by atoms with Crippen LogP contribution in [-0.2, 0) is 9.59 Å². The van der Waals surface area contributed by atoms with Crippen molar-refractivity contribution in [2.75, 3.05) is 26.2 Å². The van der Waals surface area contributed by atoms with Gasteiger partial charge in [-0.25, -0.2) is 4.79 Å². The van der Waals surface area contributed by atoms with Crippen molar-refractivity contribution in [2.24, 2.45) is 5.92 Å². The summed E-state index contributed by atoms with van der Waals surface area (Å²) in [5, 5.41) is 11.6. The Balaban J connectivity index is 2.85. The average Bonchev–Trinajstić information content (AvgIpc) is 2.35. The van der Waals surface area contributed by atoms with E-state index in [0.29, 0.717) is 26.1 Å². The van der Waals surface area contributed by atoms with E-state index in [0.717, 1.165) is 0 Å². The van der Waals surface area contributed by atoms with Crippen molar-refractivity contribution in [3.63, 3.8) is 0 Å². The molecule has 3 amide bonds. The molecule has 0 radical (unpaired) electrons. The molecule has 0 aromatic rings. The Morgan fingerprint density at radius 1 is 1.50 bits per heavy atom. The van der Waals surface area contributed by atoms with Gasteiger partial charge in [-0.1, -0.05) is 20.8 Å². The number of amides is 3. The molecule has 7 nitrogen and oxygen atoms in total. The molecule has 20 heavy (non-hydrogen) atoms. The van der Waals surface area contributed by atoms with Gasteiger partial charge in [-0.05, 0) is 12.3 Å². The topological polar surface area (TPSA) is 90.0 Å². The smallest absolute Gasteiger partial charge is 0.323 e. The lowest BCUT2D eigenvalue weighted by atomic mass is 10.1. The van der Waals surface area contributed by atoms with E-state index in [1.807, 2.05) is 20.8 Å². The van der Waals surface area contributed by atoms with Crippen LogP contribution in [0.3, 0.4) is 0 Å². The van der Waals surface area contributed by atoms with E-state index in [9.17, 15) is 14.4 Å². The molecule has 0 saturated carbocycles. The van der Waals surface area contributed by atoms with Crippen LogP contribution in [0.15, 0.2) is 0 Å². The Morgan fingerprint density at radius 3 is 2.65 bits per heavy atom. The third-order valence-corrected chi connectivity index (χ3v) is 3.15. The van der Waals surface area contributed by atoms with Gasteiger partial charge in [0.25, 0.3) is 0 Å². The lowest BCUT2D eigenvalue weighted by Gasteiger charge is -2.38. The standard InChI is InChI=1S/C13H23N3O4/c1-4-10-12(19)14-5-6-16(10)13(20)15(7-9(2)3)8-11(17)18/h9-10H,4-8H2,1-3H3,(H,14,19)(H,17,18). The summed E-state index contributed by atoms with van der Waals surface area (Å²) in [4.78, 5) is 37.9. The zero-order valence-electron chi connectivity index (χ0n) is 12.3. The monoisotopic (exact) mass is 285 g/mol. The molecule has 7 heteroatoms. The molecular formula is C13H23N3O4. The Kier molecular flexibility index (Phi) is 5.79. The third-order valence-electron chi connectivity index (χ3n) is 3.15. The van der Waals surface area contributed by atoms with Gasteiger partial charge in [-0.15, -0.1) is 0 Å². The number of aliphatic carboxylic acids is 1. The molecule has 1 saturated heterocycles. The molecule has 1 rings (SSSR count). The molecule has 0 aromatic carbocycles. The SMILES string of the molecule is CCC1C(=O)NCCN1C(=O)N(CC(=O)O)CC(C)C. The minimum atomic E-state index is -1.05. The summed E-state index contributed by atoms with van der Waals surface area (Å²) in [7, 11) is 0. The van der Waals surface area contributed by atoms with Crippen molar-refractivity contribution in [2.45, 2.75) is 33.2 Å². The third kappa shape index (κ3) is 4.11. The van der Waals surface area contributed by atoms with Crippen LogP contribution in [0, 0.1) is 5.92 Å². The number of urea groups is 1. The Hall–Kier alpha value is -1.79. The van der Waals surface area contributed by atoms with Crippen LogP contribution < -0.4 is 5.32 Å². The minimum Gasteiger partial charge on any atom is -0.480 e. The van der Waals surface area contributed by atoms with Gasteiger partial charge in [0.1, 0.15) is 12.6 Å². The average molecular weight is 285 g/mol. The minimum absolute atomic E-state index is 0.164. The number of carboxylic acid groups (broad SMARTS) is 1. The first-order valence-electron chi connectivity index (χ1n) is 6.91. The van der Waals surface area contributed by atoms with Crippen molar-refractivity contribution >= 4 is 17.9 Å². The number of hydrogen-bond donors (Lipinski definition) is 2. The number of piperazine rings is 1. The Morgan fingerprint density at radius 2 is 2.15 bits per heavy atom. The van der Waals surface area contributed by atoms with E-state index in [-0.39, 0.29) is 24.4 Å². The number of nitrogens with one attached hydrogen (secondary N) is 1. The van der Waals surface area contributed by atoms with Gasteiger partial charge in [-0.2, -0.15) is 0 Å². The van der Waals surface area contributed by atoms with Crippen LogP contribution in [0.1, 0.15) is 27.2 Å². The second-order valence-electron chi connectivity index (χ2n) is 5.36. The van der Waals surface area contributed by atoms with Crippen molar-refractivity contribution in [1.82, 2.24) is 15.1 Å². The summed E-state index contributed by atoms with van der Waals surface area (Å²) in [6.45, 7) is 6.51. The van der Waals surface area contributed by atoms with E-state index in [2.05, 4.69) is 5.32 Å². The van der Waals surface area contributed by atoms with Crippen molar-refractivity contribution in [3.8, 4) is 0 Å². The predicted molar refractivity (Wildman–Crippen MR) is 73.2 cm³/mol. The molecule has 1 unspecified atom stereocenters. The van der Waals surface area contributed by atoms with Gasteiger partial charge in [0.05, 0.1) is 0 Å². The van der Waals surface area contributed by atoms with Crippen LogP contribution in [0.25, 0.3) is 0 Å². The lowest BCUT2D eigenvalue weighted by Crippen LogP contribution is -2.60. The molecule has 1 heterocycles. The van der Waals surface area contributed by atoms with E-state index in [4.69, 9.17) is 5.11 Å². The van der Waals surface area contributed by atoms with Gasteiger partial charge < -0.3 is 20.2 Å². The van der Waals surface area contributed by atoms with Crippen LogP contribution in [0.5, 0.6) is 0 Å². The Bertz CT molecular complexity index is 384. The number of carbonyl (C=O) groups excluding carboxylic acids is 2. The first kappa shape index (κ1) is 16.3. The highest BCUT2D eigenvalue weighted by Gasteiger charge is 2.34. The highest BCUT2D eigenvalue weighted by Crippen LogP contribution is 2.13. The highest BCUT2D eigenvalue weighted by molar-refractivity contribution is 5.89. The zero-order valence-corrected chi connectivity index (χ0v) is 12.3. The molecule has 114 valence electrons. The van der Waals surface area contributed by atoms with E-state index in [1.54, 1.807) is 0 Å². The molecule has 1 aliphatic heterocycles. The number of carboxylic acids is 1. The summed E-state index contributed by atoms with van der Waals surface area (Å²) >= 11 is 0. The number of hydrogen-bond acceptors (Lipinski definition) is 3. The number of rotatable bonds is 5. The summed E-state index contributed by atoms with van der Waals surface area (Å²) in [5.41, 5.74) is 0. The number of nitrogens with zero attached hydrogens (tertiary/aromatic N) is 2. The first-order valence-corrected chi connectivity index (χ1v) is 6.91. The van der Waals surface area contributed by atoms with E-state index >= 15 is 0 Å². The molecule has 0 spiro atoms. The predicted octanol–water partition coefficient (Wildman–Crippen LogP) is 0.359.